The van der Waals surface area contributed by atoms with Gasteiger partial charge in [-0.3, -0.25) is 28.6 Å². The van der Waals surface area contributed by atoms with Gasteiger partial charge in [0.1, 0.15) is 5.75 Å². The summed E-state index contributed by atoms with van der Waals surface area (Å²) in [6.45, 7) is -1.57. The fourth-order valence-electron chi connectivity index (χ4n) is 8.69. The number of piperidine rings is 1. The van der Waals surface area contributed by atoms with E-state index in [1.54, 1.807) is 35.9 Å². The van der Waals surface area contributed by atoms with Crippen LogP contribution in [0.25, 0.3) is 11.1 Å². The molecule has 338 valence electrons. The molecule has 17 heteroatoms. The van der Waals surface area contributed by atoms with Gasteiger partial charge in [-0.2, -0.15) is 0 Å². The fraction of sp³-hybridized carbons (Fsp3) is 0.271. The lowest BCUT2D eigenvalue weighted by Gasteiger charge is -2.50. The molecule has 0 bridgehead atoms. The number of morpholine rings is 1. The van der Waals surface area contributed by atoms with Crippen LogP contribution in [0.3, 0.4) is 0 Å². The van der Waals surface area contributed by atoms with Crippen LogP contribution in [0.2, 0.25) is 0 Å². The fourth-order valence-corrected chi connectivity index (χ4v) is 10.5. The molecule has 1 amide bonds. The lowest BCUT2D eigenvalue weighted by Crippen LogP contribution is -2.58. The number of amides is 1. The number of halogens is 4. The molecule has 0 aliphatic carbocycles. The molecule has 3 unspecified atom stereocenters. The number of hydrogen-bond donors (Lipinski definition) is 2. The zero-order valence-electron chi connectivity index (χ0n) is 35.2. The Labute approximate surface area is 377 Å². The molecule has 2 aliphatic rings. The quantitative estimate of drug-likeness (QED) is 0.0861. The van der Waals surface area contributed by atoms with Crippen LogP contribution in [0.1, 0.15) is 51.7 Å². The Balaban J connectivity index is 0.986. The number of aryl methyl sites for hydroxylation is 1. The average molecular weight is 928 g/mol. The van der Waals surface area contributed by atoms with E-state index in [0.29, 0.717) is 35.1 Å². The van der Waals surface area contributed by atoms with E-state index in [1.807, 2.05) is 54.6 Å². The van der Waals surface area contributed by atoms with Crippen molar-refractivity contribution in [3.05, 3.63) is 194 Å². The van der Waals surface area contributed by atoms with Gasteiger partial charge in [-0.1, -0.05) is 115 Å². The van der Waals surface area contributed by atoms with Crippen molar-refractivity contribution in [1.29, 1.82) is 0 Å². The van der Waals surface area contributed by atoms with Gasteiger partial charge < -0.3 is 19.3 Å². The molecule has 2 N–H and O–H groups in total. The summed E-state index contributed by atoms with van der Waals surface area (Å²) in [4.78, 5) is 43.9. The zero-order chi connectivity index (χ0) is 45.8. The molecule has 6 aromatic rings. The Bertz CT molecular complexity index is 2660. The highest BCUT2D eigenvalue weighted by molar-refractivity contribution is 7.83. The normalized spacial score (nSPS) is 18.7. The van der Waals surface area contributed by atoms with Crippen LogP contribution < -0.4 is 21.3 Å². The van der Waals surface area contributed by atoms with Gasteiger partial charge in [0.15, 0.2) is 6.23 Å². The van der Waals surface area contributed by atoms with Gasteiger partial charge in [-0.25, -0.2) is 9.46 Å². The third-order valence-corrected chi connectivity index (χ3v) is 14.2. The monoisotopic (exact) mass is 927 g/mol. The van der Waals surface area contributed by atoms with Crippen molar-refractivity contribution in [3.63, 3.8) is 0 Å². The lowest BCUT2D eigenvalue weighted by atomic mass is 9.75. The molecule has 1 aromatic heterocycles. The van der Waals surface area contributed by atoms with Gasteiger partial charge in [0.05, 0.1) is 18.2 Å². The van der Waals surface area contributed by atoms with Crippen LogP contribution in [0.15, 0.2) is 155 Å². The molecule has 2 saturated heterocycles. The zero-order valence-corrected chi connectivity index (χ0v) is 36.8. The number of carbonyl (C=O) groups excluding carboxylic acids is 1. The molecule has 2 aliphatic heterocycles. The minimum atomic E-state index is -4.81. The van der Waals surface area contributed by atoms with Crippen LogP contribution in [0.4, 0.5) is 13.2 Å². The van der Waals surface area contributed by atoms with E-state index >= 15 is 0 Å². The molecule has 12 nitrogen and oxygen atoms in total. The molecule has 8 rings (SSSR count). The van der Waals surface area contributed by atoms with Crippen molar-refractivity contribution < 1.29 is 36.5 Å². The summed E-state index contributed by atoms with van der Waals surface area (Å²) in [5, 5.41) is 3.04. The van der Waals surface area contributed by atoms with Crippen molar-refractivity contribution in [2.75, 3.05) is 32.8 Å². The van der Waals surface area contributed by atoms with E-state index in [1.165, 1.54) is 35.0 Å². The Kier molecular flexibility index (Phi) is 13.6. The summed E-state index contributed by atoms with van der Waals surface area (Å²) in [7, 11) is 0. The molecule has 0 radical (unpaired) electrons. The Morgan fingerprint density at radius 2 is 1.40 bits per heavy atom. The standard InChI is InChI=1S/C48H46ClF3N5O7P/c1-33-29-57(46(60)54-44(33)58)43-31-55(47(37-14-5-2-6-15-37,38-16-7-3-8-17-38)39-18-9-4-10-19-39)30-42(63-43)32-62-65(49,61)56-26-24-40(25-27-56)53-45(59)36-13-11-12-35(28-36)34-20-22-41(23-21-34)64-48(50,51)52/h2-23,28-29,40,42-43H,24-27,30-32H2,1H3,(H,53,59)(H,54,58,60). The highest BCUT2D eigenvalue weighted by atomic mass is 35.7. The third-order valence-electron chi connectivity index (χ3n) is 11.8. The van der Waals surface area contributed by atoms with Gasteiger partial charge in [0.25, 0.3) is 11.5 Å². The molecule has 65 heavy (non-hydrogen) atoms. The molecule has 3 atom stereocenters. The SMILES string of the molecule is Cc1cn(C2CN(C(c3ccccc3)(c3ccccc3)c3ccccc3)CC(COP(=O)(Cl)N3CCC(NC(=O)c4cccc(-c5ccc(OC(F)(F)F)cc5)c4)CC3)O2)c(=O)[nH]c1=O. The van der Waals surface area contributed by atoms with Crippen molar-refractivity contribution >= 4 is 24.0 Å². The first kappa shape index (κ1) is 45.8. The number of ether oxygens (including phenoxy) is 2. The van der Waals surface area contributed by atoms with Gasteiger partial charge in [0, 0.05) is 49.5 Å². The van der Waals surface area contributed by atoms with Crippen LogP contribution in [-0.2, 0) is 19.4 Å². The largest absolute Gasteiger partial charge is 0.573 e. The number of H-pyrrole nitrogens is 1. The number of nitrogens with one attached hydrogen (secondary N) is 2. The smallest absolute Gasteiger partial charge is 0.406 e. The van der Waals surface area contributed by atoms with E-state index in [4.69, 9.17) is 20.5 Å². The van der Waals surface area contributed by atoms with Crippen molar-refractivity contribution in [2.24, 2.45) is 0 Å². The average Bonchev–Trinajstić information content (AvgIpc) is 3.31. The predicted octanol–water partition coefficient (Wildman–Crippen LogP) is 8.86. The topological polar surface area (TPSA) is 135 Å². The van der Waals surface area contributed by atoms with Gasteiger partial charge in [-0.05, 0) is 83.1 Å². The maximum absolute atomic E-state index is 14.2. The van der Waals surface area contributed by atoms with Crippen molar-refractivity contribution in [2.45, 2.75) is 50.0 Å². The molecule has 5 aromatic carbocycles. The minimum absolute atomic E-state index is 0.204. The highest BCUT2D eigenvalue weighted by Crippen LogP contribution is 2.57. The Morgan fingerprint density at radius 1 is 0.815 bits per heavy atom. The minimum Gasteiger partial charge on any atom is -0.406 e. The number of alkyl halides is 3. The van der Waals surface area contributed by atoms with Crippen LogP contribution in [0.5, 0.6) is 5.75 Å². The predicted molar refractivity (Wildman–Crippen MR) is 241 cm³/mol. The van der Waals surface area contributed by atoms with E-state index < -0.39 is 42.4 Å². The summed E-state index contributed by atoms with van der Waals surface area (Å²) >= 11 is 6.78. The molecule has 0 spiro atoms. The van der Waals surface area contributed by atoms with Crippen molar-refractivity contribution in [1.82, 2.24) is 24.4 Å². The summed E-state index contributed by atoms with van der Waals surface area (Å²) in [5.74, 6) is -0.685. The number of nitrogens with zero attached hydrogens (tertiary/aromatic N) is 3. The van der Waals surface area contributed by atoms with Crippen LogP contribution in [0, 0.1) is 6.92 Å². The summed E-state index contributed by atoms with van der Waals surface area (Å²) in [6.07, 6.45) is -4.17. The highest BCUT2D eigenvalue weighted by Gasteiger charge is 2.47. The first-order chi connectivity index (χ1) is 31.2. The van der Waals surface area contributed by atoms with E-state index in [0.717, 1.165) is 16.7 Å². The number of rotatable bonds is 13. The van der Waals surface area contributed by atoms with Gasteiger partial charge >= 0.3 is 18.9 Å². The molecule has 3 heterocycles. The second-order valence-corrected chi connectivity index (χ2v) is 19.0. The number of hydrogen-bond acceptors (Lipinski definition) is 8. The molecule has 2 fully saturated rings. The van der Waals surface area contributed by atoms with E-state index in [9.17, 15) is 32.1 Å². The first-order valence-electron chi connectivity index (χ1n) is 21.1. The number of carbonyl (C=O) groups is 1. The maximum Gasteiger partial charge on any atom is 0.573 e. The number of aromatic amines is 1. The van der Waals surface area contributed by atoms with Crippen LogP contribution >= 0.6 is 18.1 Å². The van der Waals surface area contributed by atoms with Crippen LogP contribution in [-0.4, -0.2) is 76.3 Å². The first-order valence-corrected chi connectivity index (χ1v) is 23.5. The summed E-state index contributed by atoms with van der Waals surface area (Å²) < 4.78 is 71.7. The summed E-state index contributed by atoms with van der Waals surface area (Å²) in [5.41, 5.74) is 2.74. The second kappa shape index (κ2) is 19.4. The second-order valence-electron chi connectivity index (χ2n) is 16.0. The Morgan fingerprint density at radius 3 is 1.97 bits per heavy atom. The molecular formula is C48H46ClF3N5O7P. The van der Waals surface area contributed by atoms with Crippen molar-refractivity contribution in [3.8, 4) is 16.9 Å². The summed E-state index contributed by atoms with van der Waals surface area (Å²) in [6, 6.07) is 42.0. The molecular weight excluding hydrogens is 882 g/mol. The van der Waals surface area contributed by atoms with E-state index in [2.05, 4.69) is 56.3 Å². The van der Waals surface area contributed by atoms with E-state index in [-0.39, 0.29) is 50.5 Å². The molecule has 0 saturated carbocycles. The Hall–Kier alpha value is -5.80. The van der Waals surface area contributed by atoms with Gasteiger partial charge in [0.2, 0.25) is 0 Å². The third kappa shape index (κ3) is 10.4. The van der Waals surface area contributed by atoms with Gasteiger partial charge in [-0.15, -0.1) is 13.2 Å². The maximum atomic E-state index is 14.2. The number of benzene rings is 5. The number of aromatic nitrogens is 2. The lowest BCUT2D eigenvalue weighted by molar-refractivity contribution is -0.274.